The molecule has 43 heteroatoms. The number of carboxylic acid groups (broad SMARTS) is 2. The molecule has 0 aromatic heterocycles. The highest BCUT2D eigenvalue weighted by atomic mass is 32.2. The van der Waals surface area contributed by atoms with Crippen molar-refractivity contribution in [3.63, 3.8) is 0 Å². The summed E-state index contributed by atoms with van der Waals surface area (Å²) in [6.45, 7) is 0.352. The first-order chi connectivity index (χ1) is 51.6. The molecule has 5 aromatic carbocycles. The van der Waals surface area contributed by atoms with Crippen LogP contribution < -0.4 is 31.9 Å². The van der Waals surface area contributed by atoms with Gasteiger partial charge >= 0.3 is 11.9 Å². The minimum absolute atomic E-state index is 0.0179. The molecule has 5 aromatic rings. The minimum atomic E-state index is -2.66. The van der Waals surface area contributed by atoms with Crippen molar-refractivity contribution in [3.05, 3.63) is 176 Å². The van der Waals surface area contributed by atoms with Gasteiger partial charge in [-0.05, 0) is 90.6 Å². The monoisotopic (exact) mass is 1570 g/mol. The second kappa shape index (κ2) is 38.8. The molecule has 0 bridgehead atoms. The van der Waals surface area contributed by atoms with Gasteiger partial charge in [-0.25, -0.2) is 9.59 Å². The number of hydrogen-bond donors (Lipinski definition) is 14. The Morgan fingerprint density at radius 3 is 1.19 bits per heavy atom. The van der Waals surface area contributed by atoms with Gasteiger partial charge in [-0.15, -0.1) is 0 Å². The molecule has 2 aliphatic rings. The van der Waals surface area contributed by atoms with Crippen LogP contribution in [0.25, 0.3) is 22.3 Å². The topological polar surface area (TPSA) is 623 Å². The van der Waals surface area contributed by atoms with Gasteiger partial charge in [0.15, 0.2) is 0 Å². The fraction of sp³-hybridized carbons (Fsp3) is 0.424. The lowest BCUT2D eigenvalue weighted by Crippen LogP contribution is -2.68. The summed E-state index contributed by atoms with van der Waals surface area (Å²) in [5.74, 6) is -11.6. The second-order valence-corrected chi connectivity index (χ2v) is 27.0. The number of carbonyl (C=O) groups excluding carboxylic acids is 6. The number of aliphatic hydroxyl groups excluding tert-OH is 6. The van der Waals surface area contributed by atoms with Crippen LogP contribution in [0.4, 0.5) is 28.4 Å². The van der Waals surface area contributed by atoms with Crippen molar-refractivity contribution in [2.24, 2.45) is 0 Å². The lowest BCUT2D eigenvalue weighted by Gasteiger charge is -2.46. The molecular weight excluding hydrogens is 1490 g/mol. The number of nitro groups is 5. The van der Waals surface area contributed by atoms with E-state index in [4.69, 9.17) is 18.9 Å². The Balaban J connectivity index is 0.801. The van der Waals surface area contributed by atoms with Gasteiger partial charge in [0.25, 0.3) is 63.6 Å². The summed E-state index contributed by atoms with van der Waals surface area (Å²) in [7, 11) is 0. The number of aliphatic hydroxyl groups is 6. The Bertz CT molecular complexity index is 4220. The number of rotatable bonds is 39. The number of hydrogen-bond acceptors (Lipinski definition) is 30. The van der Waals surface area contributed by atoms with Gasteiger partial charge in [0.2, 0.25) is 11.8 Å². The number of nitrogens with zero attached hydrogens (tertiary/aromatic N) is 5. The third-order valence-corrected chi connectivity index (χ3v) is 19.1. The third kappa shape index (κ3) is 22.4. The summed E-state index contributed by atoms with van der Waals surface area (Å²) in [6, 6.07) is 16.1. The molecular formula is C66H75N11O30S2. The van der Waals surface area contributed by atoms with Gasteiger partial charge in [-0.2, -0.15) is 23.5 Å². The van der Waals surface area contributed by atoms with E-state index in [1.54, 1.807) is 0 Å². The fourth-order valence-electron chi connectivity index (χ4n) is 11.5. The number of benzene rings is 5. The minimum Gasteiger partial charge on any atom is -0.477 e. The molecule has 2 saturated heterocycles. The number of carboxylic acids is 2. The van der Waals surface area contributed by atoms with Crippen molar-refractivity contribution in [1.29, 1.82) is 0 Å². The maximum Gasteiger partial charge on any atom is 0.364 e. The van der Waals surface area contributed by atoms with Crippen LogP contribution in [0.15, 0.2) is 103 Å². The smallest absolute Gasteiger partial charge is 0.364 e. The van der Waals surface area contributed by atoms with Crippen LogP contribution in [0, 0.1) is 50.6 Å². The molecule has 2 aliphatic heterocycles. The molecule has 2 heterocycles. The second-order valence-electron chi connectivity index (χ2n) is 24.5. The average molecular weight is 1570 g/mol. The number of nitro benzene ring substituents is 5. The van der Waals surface area contributed by atoms with E-state index in [0.29, 0.717) is 29.1 Å². The lowest BCUT2D eigenvalue weighted by atomic mass is 9.88. The number of nitrogens with one attached hydrogen (secondary N) is 6. The number of ether oxygens (including phenoxy) is 4. The normalized spacial score (nSPS) is 20.7. The first kappa shape index (κ1) is 85.4. The van der Waals surface area contributed by atoms with Crippen molar-refractivity contribution in [2.75, 3.05) is 62.4 Å². The molecule has 2 fully saturated rings. The predicted molar refractivity (Wildman–Crippen MR) is 380 cm³/mol. The maximum atomic E-state index is 13.3. The summed E-state index contributed by atoms with van der Waals surface area (Å²) in [5.41, 5.74) is -3.91. The van der Waals surface area contributed by atoms with E-state index in [2.05, 4.69) is 31.9 Å². The number of aliphatic carboxylic acids is 2. The van der Waals surface area contributed by atoms with E-state index < -0.39 is 204 Å². The summed E-state index contributed by atoms with van der Waals surface area (Å²) in [6.07, 6.45) is -16.6. The van der Waals surface area contributed by atoms with Crippen LogP contribution in [0.3, 0.4) is 0 Å². The molecule has 0 saturated carbocycles. The third-order valence-electron chi connectivity index (χ3n) is 16.9. The lowest BCUT2D eigenvalue weighted by molar-refractivity contribution is -0.394. The SMILES string of the molecule is CC(=O)N[C@H]1[C@H]([C@H](O)[C@H](O)CNC(=O)c2ccc(-c3ccc([N+](=O)[O-])cc3[N+](=O)[O-])cc2)O[C@@](OCCCSCCNC(=O)c2ccc(C(=O)NCCSCCCO[C@]3(C(=O)O)C[C@H](O)[C@@H](NC(C)=O)[C@H]([C@H](O)[C@H](O)CNC(=O)c4ccc(-c5ccc([N+](=O)[O-])cc5[N+](=O)[O-])c([N+](=O)[O-])c4)O3)cc2)(C(=O)O)C[C@@H]1O. The van der Waals surface area contributed by atoms with E-state index in [-0.39, 0.29) is 78.1 Å². The highest BCUT2D eigenvalue weighted by Gasteiger charge is 2.57. The summed E-state index contributed by atoms with van der Waals surface area (Å²) < 4.78 is 22.9. The Hall–Kier alpha value is -10.8. The number of thioether (sulfide) groups is 2. The van der Waals surface area contributed by atoms with Crippen LogP contribution in [0.1, 0.15) is 81.0 Å². The first-order valence-corrected chi connectivity index (χ1v) is 35.3. The summed E-state index contributed by atoms with van der Waals surface area (Å²) >= 11 is 2.68. The zero-order valence-electron chi connectivity index (χ0n) is 57.6. The fourth-order valence-corrected chi connectivity index (χ4v) is 13.1. The molecule has 586 valence electrons. The number of non-ortho nitro benzene ring substituents is 2. The van der Waals surface area contributed by atoms with E-state index in [1.807, 2.05) is 0 Å². The average Bonchev–Trinajstić information content (AvgIpc) is 0.777. The highest BCUT2D eigenvalue weighted by molar-refractivity contribution is 7.99. The van der Waals surface area contributed by atoms with E-state index in [0.717, 1.165) is 56.3 Å². The largest absolute Gasteiger partial charge is 0.477 e. The van der Waals surface area contributed by atoms with Gasteiger partial charge in [-0.3, -0.25) is 79.3 Å². The molecule has 109 heavy (non-hydrogen) atoms. The quantitative estimate of drug-likeness (QED) is 0.0150. The molecule has 0 aliphatic carbocycles. The number of carbonyl (C=O) groups is 8. The van der Waals surface area contributed by atoms with Crippen LogP contribution in [-0.4, -0.2) is 248 Å². The molecule has 14 N–H and O–H groups in total. The predicted octanol–water partition coefficient (Wildman–Crippen LogP) is 1.48. The zero-order valence-corrected chi connectivity index (χ0v) is 59.2. The van der Waals surface area contributed by atoms with Crippen molar-refractivity contribution in [1.82, 2.24) is 31.9 Å². The summed E-state index contributed by atoms with van der Waals surface area (Å²) in [4.78, 5) is 156. The van der Waals surface area contributed by atoms with Crippen molar-refractivity contribution < 1.29 is 123 Å². The van der Waals surface area contributed by atoms with Gasteiger partial charge in [0.05, 0.1) is 103 Å². The Morgan fingerprint density at radius 2 is 0.817 bits per heavy atom. The van der Waals surface area contributed by atoms with E-state index >= 15 is 0 Å². The number of amides is 6. The van der Waals surface area contributed by atoms with Gasteiger partial charge in [0, 0.05) is 105 Å². The Kier molecular flexibility index (Phi) is 30.4. The van der Waals surface area contributed by atoms with Crippen molar-refractivity contribution >= 4 is 99.3 Å². The van der Waals surface area contributed by atoms with Crippen LogP contribution in [0.5, 0.6) is 0 Å². The van der Waals surface area contributed by atoms with Crippen LogP contribution in [-0.2, 0) is 38.1 Å². The summed E-state index contributed by atoms with van der Waals surface area (Å²) in [5, 5.41) is 161. The maximum absolute atomic E-state index is 13.3. The van der Waals surface area contributed by atoms with Gasteiger partial charge in [-0.1, -0.05) is 12.1 Å². The Morgan fingerprint density at radius 1 is 0.477 bits per heavy atom. The van der Waals surface area contributed by atoms with Crippen LogP contribution >= 0.6 is 23.5 Å². The Labute approximate surface area is 624 Å². The molecule has 41 nitrogen and oxygen atoms in total. The van der Waals surface area contributed by atoms with E-state index in [1.165, 1.54) is 78.1 Å². The molecule has 0 radical (unpaired) electrons. The van der Waals surface area contributed by atoms with Gasteiger partial charge in [0.1, 0.15) is 24.4 Å². The van der Waals surface area contributed by atoms with E-state index in [9.17, 15) is 130 Å². The van der Waals surface area contributed by atoms with Crippen molar-refractivity contribution in [2.45, 2.75) is 112 Å². The highest BCUT2D eigenvalue weighted by Crippen LogP contribution is 2.40. The molecule has 6 amide bonds. The zero-order chi connectivity index (χ0) is 80.2. The molecule has 12 atom stereocenters. The van der Waals surface area contributed by atoms with Crippen LogP contribution in [0.2, 0.25) is 0 Å². The molecule has 0 unspecified atom stereocenters. The molecule has 7 rings (SSSR count). The van der Waals surface area contributed by atoms with Crippen molar-refractivity contribution in [3.8, 4) is 22.3 Å². The molecule has 0 spiro atoms. The van der Waals surface area contributed by atoms with Gasteiger partial charge < -0.3 is 91.7 Å². The first-order valence-electron chi connectivity index (χ1n) is 32.9. The standard InChI is InChI=1S/C66H75N11O30S2/c1-34(78)71-53-49(80)30-65(63(90)91,106-57(53)55(84)51(82)32-69-61(88)39-7-5-36(6-8-39)43-17-14-41(73(94)95)28-47(43)76(100)101)104-21-3-23-108-25-19-67-59(86)37-9-11-38(12-10-37)60(87)68-20-26-109-24-4-22-105-66(64(92)93)31-50(81)54(72-35(2)79)58(107-66)56(85)52(83)33-70-62(89)40-13-16-44(46(27-40)75(98)99)45-18-15-42(74(96)97)29-48(45)77(102)103/h5-18,27-29,49-58,80-85H,3-4,19-26,30-33H2,1-2H3,(H,67,86)(H,68,87)(H,69,88)(H,70,89)(H,71,78)(H,72,79)(H,90,91)(H,92,93)/t49-,50-,51+,52+,53+,54+,55+,56+,57+,58+,65+,66+/m0/s1.